The summed E-state index contributed by atoms with van der Waals surface area (Å²) in [6.45, 7) is 0.0397. The third-order valence-corrected chi connectivity index (χ3v) is 4.22. The summed E-state index contributed by atoms with van der Waals surface area (Å²) in [7, 11) is 0. The molecule has 4 aromatic rings. The second-order valence-electron chi connectivity index (χ2n) is 5.51. The van der Waals surface area contributed by atoms with Crippen LogP contribution in [0.2, 0.25) is 5.02 Å². The highest BCUT2D eigenvalue weighted by molar-refractivity contribution is 6.30. The van der Waals surface area contributed by atoms with E-state index in [0.717, 1.165) is 33.7 Å². The number of aromatic nitrogens is 3. The van der Waals surface area contributed by atoms with Crippen LogP contribution in [0.5, 0.6) is 0 Å². The van der Waals surface area contributed by atoms with Crippen molar-refractivity contribution in [2.45, 2.75) is 6.61 Å². The minimum atomic E-state index is 0.0397. The predicted octanol–water partition coefficient (Wildman–Crippen LogP) is 4.21. The molecule has 1 N–H and O–H groups in total. The van der Waals surface area contributed by atoms with Gasteiger partial charge in [-0.1, -0.05) is 48.0 Å². The molecule has 5 heteroatoms. The Hall–Kier alpha value is -2.69. The van der Waals surface area contributed by atoms with Crippen LogP contribution < -0.4 is 0 Å². The highest BCUT2D eigenvalue weighted by atomic mass is 35.5. The number of rotatable bonds is 3. The maximum absolute atomic E-state index is 9.18. The van der Waals surface area contributed by atoms with Crippen LogP contribution in [0.15, 0.2) is 67.1 Å². The van der Waals surface area contributed by atoms with Gasteiger partial charge in [-0.3, -0.25) is 9.38 Å². The first kappa shape index (κ1) is 14.9. The van der Waals surface area contributed by atoms with Gasteiger partial charge in [-0.15, -0.1) is 0 Å². The van der Waals surface area contributed by atoms with E-state index < -0.39 is 0 Å². The fourth-order valence-electron chi connectivity index (χ4n) is 2.65. The van der Waals surface area contributed by atoms with Crippen LogP contribution in [0.25, 0.3) is 28.2 Å². The molecule has 0 saturated carbocycles. The number of imidazole rings is 1. The first-order valence-corrected chi connectivity index (χ1v) is 7.91. The largest absolute Gasteiger partial charge is 0.392 e. The van der Waals surface area contributed by atoms with Crippen LogP contribution in [-0.2, 0) is 6.61 Å². The lowest BCUT2D eigenvalue weighted by molar-refractivity contribution is 0.282. The molecule has 0 amide bonds. The summed E-state index contributed by atoms with van der Waals surface area (Å²) in [5.41, 5.74) is 5.53. The van der Waals surface area contributed by atoms with Crippen molar-refractivity contribution in [2.24, 2.45) is 0 Å². The number of hydrogen-bond acceptors (Lipinski definition) is 3. The molecule has 4 nitrogen and oxygen atoms in total. The van der Waals surface area contributed by atoms with E-state index in [2.05, 4.69) is 9.97 Å². The Morgan fingerprint density at radius 3 is 2.29 bits per heavy atom. The van der Waals surface area contributed by atoms with Gasteiger partial charge in [0.05, 0.1) is 30.4 Å². The van der Waals surface area contributed by atoms with Crippen LogP contribution in [0.3, 0.4) is 0 Å². The van der Waals surface area contributed by atoms with Crippen LogP contribution in [-0.4, -0.2) is 19.5 Å². The van der Waals surface area contributed by atoms with Crippen molar-refractivity contribution < 1.29 is 5.11 Å². The normalized spacial score (nSPS) is 11.1. The maximum atomic E-state index is 9.18. The van der Waals surface area contributed by atoms with Crippen LogP contribution in [0.1, 0.15) is 5.56 Å². The molecule has 2 aromatic heterocycles. The van der Waals surface area contributed by atoms with Crippen molar-refractivity contribution >= 4 is 17.2 Å². The second-order valence-corrected chi connectivity index (χ2v) is 5.94. The van der Waals surface area contributed by atoms with Crippen molar-refractivity contribution in [1.82, 2.24) is 14.4 Å². The van der Waals surface area contributed by atoms with Gasteiger partial charge in [-0.2, -0.15) is 0 Å². The lowest BCUT2D eigenvalue weighted by Crippen LogP contribution is -1.93. The zero-order chi connectivity index (χ0) is 16.5. The summed E-state index contributed by atoms with van der Waals surface area (Å²) < 4.78 is 2.02. The van der Waals surface area contributed by atoms with Crippen molar-refractivity contribution in [3.05, 3.63) is 77.7 Å². The van der Waals surface area contributed by atoms with Crippen molar-refractivity contribution in [3.63, 3.8) is 0 Å². The fraction of sp³-hybridized carbons (Fsp3) is 0.0526. The number of halogens is 1. The minimum absolute atomic E-state index is 0.0397. The molecule has 0 aliphatic carbocycles. The molecule has 118 valence electrons. The predicted molar refractivity (Wildman–Crippen MR) is 94.8 cm³/mol. The third kappa shape index (κ3) is 2.66. The van der Waals surface area contributed by atoms with Gasteiger partial charge in [0.25, 0.3) is 0 Å². The summed E-state index contributed by atoms with van der Waals surface area (Å²) >= 11 is 5.95. The number of aliphatic hydroxyl groups excluding tert-OH is 1. The van der Waals surface area contributed by atoms with Gasteiger partial charge in [-0.25, -0.2) is 4.98 Å². The van der Waals surface area contributed by atoms with Crippen LogP contribution >= 0.6 is 11.6 Å². The first-order valence-electron chi connectivity index (χ1n) is 7.54. The number of nitrogens with zero attached hydrogens (tertiary/aromatic N) is 3. The SMILES string of the molecule is OCc1ccc(-c2cnc3cnc(-c4ccc(Cl)cc4)cn23)cc1. The van der Waals surface area contributed by atoms with Gasteiger partial charge >= 0.3 is 0 Å². The highest BCUT2D eigenvalue weighted by Gasteiger charge is 2.08. The van der Waals surface area contributed by atoms with E-state index in [9.17, 15) is 5.11 Å². The number of benzene rings is 2. The lowest BCUT2D eigenvalue weighted by Gasteiger charge is -2.06. The molecular formula is C19H14ClN3O. The van der Waals surface area contributed by atoms with E-state index in [1.165, 1.54) is 0 Å². The van der Waals surface area contributed by atoms with E-state index >= 15 is 0 Å². The molecule has 0 bridgehead atoms. The summed E-state index contributed by atoms with van der Waals surface area (Å²) in [6.07, 6.45) is 5.56. The van der Waals surface area contributed by atoms with Gasteiger partial charge < -0.3 is 5.11 Å². The van der Waals surface area contributed by atoms with Gasteiger partial charge in [0.15, 0.2) is 5.65 Å². The smallest absolute Gasteiger partial charge is 0.155 e. The Kier molecular flexibility index (Phi) is 3.76. The number of fused-ring (bicyclic) bond motifs is 1. The third-order valence-electron chi connectivity index (χ3n) is 3.97. The van der Waals surface area contributed by atoms with E-state index in [1.54, 1.807) is 6.20 Å². The molecule has 2 heterocycles. The van der Waals surface area contributed by atoms with E-state index in [4.69, 9.17) is 11.6 Å². The zero-order valence-electron chi connectivity index (χ0n) is 12.7. The van der Waals surface area contributed by atoms with Gasteiger partial charge in [0.2, 0.25) is 0 Å². The van der Waals surface area contributed by atoms with Gasteiger partial charge in [0.1, 0.15) is 0 Å². The average Bonchev–Trinajstić information content (AvgIpc) is 3.05. The molecular weight excluding hydrogens is 322 g/mol. The lowest BCUT2D eigenvalue weighted by atomic mass is 10.1. The molecule has 0 atom stereocenters. The van der Waals surface area contributed by atoms with E-state index in [0.29, 0.717) is 5.02 Å². The summed E-state index contributed by atoms with van der Waals surface area (Å²) in [5.74, 6) is 0. The Bertz CT molecular complexity index is 991. The number of aliphatic hydroxyl groups is 1. The Labute approximate surface area is 144 Å². The molecule has 0 saturated heterocycles. The molecule has 2 aromatic carbocycles. The monoisotopic (exact) mass is 335 g/mol. The molecule has 24 heavy (non-hydrogen) atoms. The van der Waals surface area contributed by atoms with Crippen molar-refractivity contribution in [3.8, 4) is 22.5 Å². The Morgan fingerprint density at radius 2 is 1.58 bits per heavy atom. The van der Waals surface area contributed by atoms with Crippen LogP contribution in [0.4, 0.5) is 0 Å². The maximum Gasteiger partial charge on any atom is 0.155 e. The average molecular weight is 336 g/mol. The van der Waals surface area contributed by atoms with Gasteiger partial charge in [0, 0.05) is 22.3 Å². The topological polar surface area (TPSA) is 50.4 Å². The summed E-state index contributed by atoms with van der Waals surface area (Å²) in [6, 6.07) is 15.4. The summed E-state index contributed by atoms with van der Waals surface area (Å²) in [4.78, 5) is 8.90. The Morgan fingerprint density at radius 1 is 0.875 bits per heavy atom. The van der Waals surface area contributed by atoms with Crippen LogP contribution in [0, 0.1) is 0 Å². The van der Waals surface area contributed by atoms with Crippen molar-refractivity contribution in [2.75, 3.05) is 0 Å². The standard InChI is InChI=1S/C19H14ClN3O/c20-16-7-5-14(6-8-16)17-11-23-18(9-22-19(23)10-21-17)15-3-1-13(12-24)2-4-15/h1-11,24H,12H2. The molecule has 0 fully saturated rings. The second kappa shape index (κ2) is 6.07. The first-order chi connectivity index (χ1) is 11.7. The highest BCUT2D eigenvalue weighted by Crippen LogP contribution is 2.24. The summed E-state index contributed by atoms with van der Waals surface area (Å²) in [5, 5.41) is 9.88. The van der Waals surface area contributed by atoms with Gasteiger partial charge in [-0.05, 0) is 17.7 Å². The molecule has 0 aliphatic rings. The quantitative estimate of drug-likeness (QED) is 0.610. The van der Waals surface area contributed by atoms with E-state index in [-0.39, 0.29) is 6.61 Å². The van der Waals surface area contributed by atoms with E-state index in [1.807, 2.05) is 65.3 Å². The minimum Gasteiger partial charge on any atom is -0.392 e. The van der Waals surface area contributed by atoms with Crippen molar-refractivity contribution in [1.29, 1.82) is 0 Å². The Balaban J connectivity index is 1.82. The zero-order valence-corrected chi connectivity index (χ0v) is 13.5. The number of hydrogen-bond donors (Lipinski definition) is 1. The molecule has 0 unspecified atom stereocenters. The molecule has 4 rings (SSSR count). The molecule has 0 spiro atoms. The molecule has 0 aliphatic heterocycles. The fourth-order valence-corrected chi connectivity index (χ4v) is 2.78. The molecule has 0 radical (unpaired) electrons.